The fourth-order valence-electron chi connectivity index (χ4n) is 5.27. The van der Waals surface area contributed by atoms with Crippen molar-refractivity contribution in [1.29, 1.82) is 0 Å². The molecule has 1 saturated heterocycles. The van der Waals surface area contributed by atoms with E-state index in [-0.39, 0.29) is 11.7 Å². The number of hydrogen-bond donors (Lipinski definition) is 1. The van der Waals surface area contributed by atoms with Crippen LogP contribution in [0.1, 0.15) is 50.5 Å². The molecule has 1 amide bonds. The van der Waals surface area contributed by atoms with Crippen LogP contribution >= 0.6 is 0 Å². The summed E-state index contributed by atoms with van der Waals surface area (Å²) in [4.78, 5) is 13.4. The van der Waals surface area contributed by atoms with E-state index in [9.17, 15) is 9.18 Å². The van der Waals surface area contributed by atoms with Crippen LogP contribution in [0.2, 0.25) is 0 Å². The quantitative estimate of drug-likeness (QED) is 0.588. The first-order chi connectivity index (χ1) is 15.6. The summed E-state index contributed by atoms with van der Waals surface area (Å²) in [6.45, 7) is 1.97. The van der Waals surface area contributed by atoms with Crippen molar-refractivity contribution in [2.45, 2.75) is 51.4 Å². The molecule has 0 aromatic heterocycles. The summed E-state index contributed by atoms with van der Waals surface area (Å²) in [7, 11) is 1.59. The third-order valence-corrected chi connectivity index (χ3v) is 7.19. The van der Waals surface area contributed by atoms with E-state index < -0.39 is 5.41 Å². The molecule has 1 saturated carbocycles. The summed E-state index contributed by atoms with van der Waals surface area (Å²) < 4.78 is 25.0. The third kappa shape index (κ3) is 5.32. The van der Waals surface area contributed by atoms with Crippen molar-refractivity contribution in [1.82, 2.24) is 5.32 Å². The Morgan fingerprint density at radius 1 is 1.16 bits per heavy atom. The van der Waals surface area contributed by atoms with Crippen LogP contribution in [0.4, 0.5) is 4.39 Å². The van der Waals surface area contributed by atoms with E-state index >= 15 is 0 Å². The van der Waals surface area contributed by atoms with Crippen LogP contribution in [0.3, 0.4) is 0 Å². The monoisotopic (exact) mass is 439 g/mol. The SMILES string of the molecule is COc1ccc(F)cc1-c1cccc(CC2(C(=O)NCCC3CCCC3)CCOCC2)c1. The van der Waals surface area contributed by atoms with Crippen LogP contribution in [0.5, 0.6) is 5.75 Å². The highest BCUT2D eigenvalue weighted by Crippen LogP contribution is 2.37. The second-order valence-electron chi connectivity index (χ2n) is 9.31. The number of methoxy groups -OCH3 is 1. The zero-order chi connectivity index (χ0) is 22.4. The van der Waals surface area contributed by atoms with Gasteiger partial charge in [-0.3, -0.25) is 4.79 Å². The predicted molar refractivity (Wildman–Crippen MR) is 124 cm³/mol. The second kappa shape index (κ2) is 10.5. The van der Waals surface area contributed by atoms with E-state index in [1.54, 1.807) is 13.2 Å². The summed E-state index contributed by atoms with van der Waals surface area (Å²) in [5.41, 5.74) is 2.22. The maximum absolute atomic E-state index is 13.9. The molecule has 2 aromatic rings. The van der Waals surface area contributed by atoms with E-state index in [0.717, 1.165) is 48.4 Å². The maximum Gasteiger partial charge on any atom is 0.226 e. The van der Waals surface area contributed by atoms with Crippen molar-refractivity contribution in [2.24, 2.45) is 11.3 Å². The van der Waals surface area contributed by atoms with Gasteiger partial charge in [-0.15, -0.1) is 0 Å². The van der Waals surface area contributed by atoms with Gasteiger partial charge in [-0.05, 0) is 60.9 Å². The third-order valence-electron chi connectivity index (χ3n) is 7.19. The Balaban J connectivity index is 1.51. The molecule has 1 N–H and O–H groups in total. The Bertz CT molecular complexity index is 917. The van der Waals surface area contributed by atoms with Gasteiger partial charge < -0.3 is 14.8 Å². The minimum atomic E-state index is -0.460. The predicted octanol–water partition coefficient (Wildman–Crippen LogP) is 5.54. The molecule has 1 aliphatic carbocycles. The molecular formula is C27H34FNO3. The molecule has 0 bridgehead atoms. The van der Waals surface area contributed by atoms with Gasteiger partial charge in [-0.25, -0.2) is 4.39 Å². The maximum atomic E-state index is 13.9. The fourth-order valence-corrected chi connectivity index (χ4v) is 5.27. The second-order valence-corrected chi connectivity index (χ2v) is 9.31. The number of hydrogen-bond acceptors (Lipinski definition) is 3. The molecular weight excluding hydrogens is 405 g/mol. The van der Waals surface area contributed by atoms with E-state index in [0.29, 0.717) is 25.4 Å². The summed E-state index contributed by atoms with van der Waals surface area (Å²) in [5.74, 6) is 1.24. The van der Waals surface area contributed by atoms with Gasteiger partial charge in [0.25, 0.3) is 0 Å². The molecule has 32 heavy (non-hydrogen) atoms. The summed E-state index contributed by atoms with van der Waals surface area (Å²) in [6, 6.07) is 12.6. The molecule has 5 heteroatoms. The van der Waals surface area contributed by atoms with Crippen LogP contribution in [-0.4, -0.2) is 32.8 Å². The Labute approximate surface area is 190 Å². The molecule has 1 heterocycles. The average molecular weight is 440 g/mol. The number of rotatable bonds is 8. The molecule has 1 aliphatic heterocycles. The Kier molecular flexibility index (Phi) is 7.46. The van der Waals surface area contributed by atoms with Crippen molar-refractivity contribution in [3.63, 3.8) is 0 Å². The van der Waals surface area contributed by atoms with Crippen LogP contribution in [-0.2, 0) is 16.0 Å². The van der Waals surface area contributed by atoms with Crippen LogP contribution in [0.25, 0.3) is 11.1 Å². The zero-order valence-corrected chi connectivity index (χ0v) is 19.0. The average Bonchev–Trinajstić information content (AvgIpc) is 3.33. The van der Waals surface area contributed by atoms with Crippen LogP contribution in [0, 0.1) is 17.2 Å². The molecule has 2 fully saturated rings. The topological polar surface area (TPSA) is 47.6 Å². The molecule has 2 aromatic carbocycles. The Morgan fingerprint density at radius 3 is 2.69 bits per heavy atom. The van der Waals surface area contributed by atoms with Crippen LogP contribution < -0.4 is 10.1 Å². The van der Waals surface area contributed by atoms with Gasteiger partial charge in [0.2, 0.25) is 5.91 Å². The van der Waals surface area contributed by atoms with Gasteiger partial charge >= 0.3 is 0 Å². The van der Waals surface area contributed by atoms with Gasteiger partial charge in [0.05, 0.1) is 12.5 Å². The first kappa shape index (κ1) is 22.8. The van der Waals surface area contributed by atoms with Crippen molar-refractivity contribution in [3.8, 4) is 16.9 Å². The molecule has 0 atom stereocenters. The van der Waals surface area contributed by atoms with Crippen LogP contribution in [0.15, 0.2) is 42.5 Å². The van der Waals surface area contributed by atoms with Crippen molar-refractivity contribution < 1.29 is 18.7 Å². The lowest BCUT2D eigenvalue weighted by molar-refractivity contribution is -0.136. The molecule has 0 spiro atoms. The molecule has 0 radical (unpaired) electrons. The lowest BCUT2D eigenvalue weighted by Crippen LogP contribution is -2.46. The normalized spacial score (nSPS) is 18.4. The first-order valence-electron chi connectivity index (χ1n) is 11.9. The summed E-state index contributed by atoms with van der Waals surface area (Å²) in [6.07, 6.45) is 8.41. The van der Waals surface area contributed by atoms with Gasteiger partial charge in [0.1, 0.15) is 11.6 Å². The molecule has 0 unspecified atom stereocenters. The lowest BCUT2D eigenvalue weighted by atomic mass is 9.74. The highest BCUT2D eigenvalue weighted by molar-refractivity contribution is 5.83. The fraction of sp³-hybridized carbons (Fsp3) is 0.519. The zero-order valence-electron chi connectivity index (χ0n) is 19.0. The first-order valence-corrected chi connectivity index (χ1v) is 11.9. The lowest BCUT2D eigenvalue weighted by Gasteiger charge is -2.36. The number of carbonyl (C=O) groups is 1. The Hall–Kier alpha value is -2.40. The number of nitrogens with one attached hydrogen (secondary N) is 1. The largest absolute Gasteiger partial charge is 0.496 e. The smallest absolute Gasteiger partial charge is 0.226 e. The standard InChI is InChI=1S/C27H34FNO3/c1-31-25-10-9-23(28)18-24(25)22-8-4-7-21(17-22)19-27(12-15-32-16-13-27)26(30)29-14-11-20-5-2-3-6-20/h4,7-10,17-18,20H,2-3,5-6,11-16,19H2,1H3,(H,29,30). The van der Waals surface area contributed by atoms with Gasteiger partial charge in [-0.1, -0.05) is 49.9 Å². The van der Waals surface area contributed by atoms with E-state index in [2.05, 4.69) is 17.4 Å². The summed E-state index contributed by atoms with van der Waals surface area (Å²) in [5, 5.41) is 3.25. The van der Waals surface area contributed by atoms with Gasteiger partial charge in [0, 0.05) is 25.3 Å². The number of carbonyl (C=O) groups excluding carboxylic acids is 1. The number of benzene rings is 2. The molecule has 172 valence electrons. The van der Waals surface area contributed by atoms with Gasteiger partial charge in [0.15, 0.2) is 0 Å². The van der Waals surface area contributed by atoms with E-state index in [1.807, 2.05) is 12.1 Å². The minimum Gasteiger partial charge on any atom is -0.496 e. The number of amides is 1. The van der Waals surface area contributed by atoms with Gasteiger partial charge in [-0.2, -0.15) is 0 Å². The highest BCUT2D eigenvalue weighted by atomic mass is 19.1. The van der Waals surface area contributed by atoms with E-state index in [1.165, 1.54) is 37.8 Å². The van der Waals surface area contributed by atoms with Crippen molar-refractivity contribution in [3.05, 3.63) is 53.8 Å². The number of ether oxygens (including phenoxy) is 2. The molecule has 4 rings (SSSR count). The van der Waals surface area contributed by atoms with Crippen molar-refractivity contribution >= 4 is 5.91 Å². The molecule has 2 aliphatic rings. The Morgan fingerprint density at radius 2 is 1.94 bits per heavy atom. The molecule has 4 nitrogen and oxygen atoms in total. The van der Waals surface area contributed by atoms with E-state index in [4.69, 9.17) is 9.47 Å². The van der Waals surface area contributed by atoms with Crippen molar-refractivity contribution in [2.75, 3.05) is 26.9 Å². The highest BCUT2D eigenvalue weighted by Gasteiger charge is 2.40. The number of halogens is 1. The summed E-state index contributed by atoms with van der Waals surface area (Å²) >= 11 is 0. The minimum absolute atomic E-state index is 0.146.